The zero-order chi connectivity index (χ0) is 14.2. The number of sulfonamides is 1. The lowest BCUT2D eigenvalue weighted by atomic mass is 10.0. The quantitative estimate of drug-likeness (QED) is 0.831. The molecule has 2 N–H and O–H groups in total. The Morgan fingerprint density at radius 3 is 2.84 bits per heavy atom. The Balaban J connectivity index is 2.32. The van der Waals surface area contributed by atoms with E-state index in [0.29, 0.717) is 18.1 Å². The molecule has 0 spiro atoms. The molecule has 0 amide bonds. The van der Waals surface area contributed by atoms with Gasteiger partial charge in [-0.15, -0.1) is 0 Å². The monoisotopic (exact) mass is 322 g/mol. The third kappa shape index (κ3) is 2.76. The van der Waals surface area contributed by atoms with Gasteiger partial charge in [-0.3, -0.25) is 4.68 Å². The molecule has 19 heavy (non-hydrogen) atoms. The summed E-state index contributed by atoms with van der Waals surface area (Å²) in [4.78, 5) is 0.357. The van der Waals surface area contributed by atoms with Crippen LogP contribution in [0.3, 0.4) is 0 Å². The summed E-state index contributed by atoms with van der Waals surface area (Å²) in [5.41, 5.74) is 5.62. The minimum atomic E-state index is -3.66. The van der Waals surface area contributed by atoms with Gasteiger partial charge >= 0.3 is 0 Å². The van der Waals surface area contributed by atoms with Crippen molar-refractivity contribution in [2.24, 2.45) is 18.7 Å². The fourth-order valence-corrected chi connectivity index (χ4v) is 4.53. The molecule has 2 rings (SSSR count). The van der Waals surface area contributed by atoms with Gasteiger partial charge in [0.2, 0.25) is 0 Å². The number of aromatic nitrogens is 2. The molecule has 0 bridgehead atoms. The van der Waals surface area contributed by atoms with E-state index in [1.165, 1.54) is 15.2 Å². The molecule has 1 aliphatic rings. The average molecular weight is 323 g/mol. The molecule has 106 valence electrons. The van der Waals surface area contributed by atoms with Crippen molar-refractivity contribution in [1.29, 1.82) is 0 Å². The Morgan fingerprint density at radius 1 is 1.63 bits per heavy atom. The first kappa shape index (κ1) is 14.7. The SMILES string of the molecule is Cn1ncc(Cl)c1S(=O)(=O)N1CCCC(C(N)=S)C1. The lowest BCUT2D eigenvalue weighted by molar-refractivity contribution is 0.310. The topological polar surface area (TPSA) is 81.2 Å². The summed E-state index contributed by atoms with van der Waals surface area (Å²) in [6.45, 7) is 0.752. The normalized spacial score (nSPS) is 21.5. The van der Waals surface area contributed by atoms with Crippen LogP contribution in [0.4, 0.5) is 0 Å². The highest BCUT2D eigenvalue weighted by molar-refractivity contribution is 7.89. The number of aryl methyl sites for hydroxylation is 1. The highest BCUT2D eigenvalue weighted by atomic mass is 35.5. The number of nitrogens with two attached hydrogens (primary N) is 1. The van der Waals surface area contributed by atoms with Crippen LogP contribution in [0.25, 0.3) is 0 Å². The van der Waals surface area contributed by atoms with Gasteiger partial charge in [-0.1, -0.05) is 23.8 Å². The van der Waals surface area contributed by atoms with Gasteiger partial charge in [0.1, 0.15) is 0 Å². The van der Waals surface area contributed by atoms with E-state index in [-0.39, 0.29) is 16.0 Å². The third-order valence-corrected chi connectivity index (χ3v) is 5.92. The fraction of sp³-hybridized carbons (Fsp3) is 0.600. The first-order valence-corrected chi connectivity index (χ1v) is 8.03. The smallest absolute Gasteiger partial charge is 0.261 e. The van der Waals surface area contributed by atoms with Crippen molar-refractivity contribution in [3.63, 3.8) is 0 Å². The van der Waals surface area contributed by atoms with Crippen LogP contribution < -0.4 is 5.73 Å². The van der Waals surface area contributed by atoms with Gasteiger partial charge in [0.15, 0.2) is 5.03 Å². The minimum Gasteiger partial charge on any atom is -0.393 e. The Labute approximate surface area is 122 Å². The van der Waals surface area contributed by atoms with Gasteiger partial charge in [-0.05, 0) is 12.8 Å². The van der Waals surface area contributed by atoms with Crippen molar-refractivity contribution < 1.29 is 8.42 Å². The highest BCUT2D eigenvalue weighted by Crippen LogP contribution is 2.27. The number of hydrogen-bond acceptors (Lipinski definition) is 4. The van der Waals surface area contributed by atoms with Crippen molar-refractivity contribution in [1.82, 2.24) is 14.1 Å². The zero-order valence-corrected chi connectivity index (χ0v) is 12.8. The summed E-state index contributed by atoms with van der Waals surface area (Å²) >= 11 is 10.9. The molecular formula is C10H15ClN4O2S2. The second-order valence-electron chi connectivity index (χ2n) is 4.53. The van der Waals surface area contributed by atoms with Crippen LogP contribution in [0.2, 0.25) is 5.02 Å². The van der Waals surface area contributed by atoms with Crippen molar-refractivity contribution in [3.05, 3.63) is 11.2 Å². The van der Waals surface area contributed by atoms with Crippen LogP contribution in [0.5, 0.6) is 0 Å². The molecular weight excluding hydrogens is 308 g/mol. The predicted molar refractivity (Wildman–Crippen MR) is 76.5 cm³/mol. The van der Waals surface area contributed by atoms with Gasteiger partial charge in [0, 0.05) is 26.1 Å². The number of nitrogens with zero attached hydrogens (tertiary/aromatic N) is 3. The van der Waals surface area contributed by atoms with E-state index in [1.807, 2.05) is 0 Å². The standard InChI is InChI=1S/C10H15ClN4O2S2/c1-14-10(8(11)5-13-14)19(16,17)15-4-2-3-7(6-15)9(12)18/h5,7H,2-4,6H2,1H3,(H2,12,18). The first-order valence-electron chi connectivity index (χ1n) is 5.81. The first-order chi connectivity index (χ1) is 8.84. The number of piperidine rings is 1. The molecule has 1 saturated heterocycles. The van der Waals surface area contributed by atoms with Crippen LogP contribution in [0, 0.1) is 5.92 Å². The van der Waals surface area contributed by atoms with Crippen LogP contribution in [0.1, 0.15) is 12.8 Å². The molecule has 2 heterocycles. The molecule has 1 fully saturated rings. The van der Waals surface area contributed by atoms with E-state index >= 15 is 0 Å². The molecule has 1 atom stereocenters. The van der Waals surface area contributed by atoms with Gasteiger partial charge in [-0.2, -0.15) is 9.40 Å². The summed E-state index contributed by atoms with van der Waals surface area (Å²) in [5, 5.41) is 4.00. The van der Waals surface area contributed by atoms with Gasteiger partial charge in [0.25, 0.3) is 10.0 Å². The molecule has 9 heteroatoms. The number of thiocarbonyl (C=S) groups is 1. The molecule has 0 saturated carbocycles. The van der Waals surface area contributed by atoms with E-state index in [1.54, 1.807) is 7.05 Å². The summed E-state index contributed by atoms with van der Waals surface area (Å²) in [5.74, 6) is -0.0782. The molecule has 0 aliphatic carbocycles. The maximum Gasteiger partial charge on any atom is 0.261 e. The summed E-state index contributed by atoms with van der Waals surface area (Å²) in [6, 6.07) is 0. The maximum atomic E-state index is 12.6. The Morgan fingerprint density at radius 2 is 2.32 bits per heavy atom. The number of hydrogen-bond donors (Lipinski definition) is 1. The summed E-state index contributed by atoms with van der Waals surface area (Å²) < 4.78 is 27.8. The fourth-order valence-electron chi connectivity index (χ4n) is 2.20. The van der Waals surface area contributed by atoms with Crippen molar-refractivity contribution in [3.8, 4) is 0 Å². The zero-order valence-electron chi connectivity index (χ0n) is 10.4. The van der Waals surface area contributed by atoms with Gasteiger partial charge in [0.05, 0.1) is 16.2 Å². The highest BCUT2D eigenvalue weighted by Gasteiger charge is 2.34. The maximum absolute atomic E-state index is 12.6. The van der Waals surface area contributed by atoms with Gasteiger partial charge in [-0.25, -0.2) is 8.42 Å². The van der Waals surface area contributed by atoms with E-state index < -0.39 is 10.0 Å². The second-order valence-corrected chi connectivity index (χ2v) is 7.26. The van der Waals surface area contributed by atoms with Crippen molar-refractivity contribution in [2.75, 3.05) is 13.1 Å². The number of rotatable bonds is 3. The molecule has 6 nitrogen and oxygen atoms in total. The third-order valence-electron chi connectivity index (χ3n) is 3.21. The molecule has 0 radical (unpaired) electrons. The van der Waals surface area contributed by atoms with E-state index in [2.05, 4.69) is 5.10 Å². The Kier molecular flexibility index (Phi) is 4.14. The Hall–Kier alpha value is -0.700. The molecule has 0 aromatic carbocycles. The van der Waals surface area contributed by atoms with Crippen molar-refractivity contribution >= 4 is 38.8 Å². The van der Waals surface area contributed by atoms with Gasteiger partial charge < -0.3 is 5.73 Å². The Bertz CT molecular complexity index is 579. The van der Waals surface area contributed by atoms with Crippen molar-refractivity contribution in [2.45, 2.75) is 17.9 Å². The number of halogens is 1. The van der Waals surface area contributed by atoms with Crippen LogP contribution in [0.15, 0.2) is 11.2 Å². The average Bonchev–Trinajstić information content (AvgIpc) is 2.69. The summed E-state index contributed by atoms with van der Waals surface area (Å²) in [7, 11) is -2.11. The molecule has 1 aliphatic heterocycles. The van der Waals surface area contributed by atoms with E-state index in [9.17, 15) is 8.42 Å². The van der Waals surface area contributed by atoms with Crippen LogP contribution >= 0.6 is 23.8 Å². The van der Waals surface area contributed by atoms with Crippen LogP contribution in [-0.2, 0) is 17.1 Å². The van der Waals surface area contributed by atoms with E-state index in [0.717, 1.165) is 12.8 Å². The molecule has 1 aromatic rings. The second kappa shape index (κ2) is 5.35. The predicted octanol–water partition coefficient (Wildman–Crippen LogP) is 0.760. The lowest BCUT2D eigenvalue weighted by Crippen LogP contribution is -2.44. The van der Waals surface area contributed by atoms with Crippen LogP contribution in [-0.4, -0.2) is 40.6 Å². The molecule has 1 aromatic heterocycles. The summed E-state index contributed by atoms with van der Waals surface area (Å²) in [6.07, 6.45) is 2.88. The largest absolute Gasteiger partial charge is 0.393 e. The lowest BCUT2D eigenvalue weighted by Gasteiger charge is -2.31. The minimum absolute atomic E-state index is 0.0118. The molecule has 1 unspecified atom stereocenters. The van der Waals surface area contributed by atoms with E-state index in [4.69, 9.17) is 29.6 Å².